The number of aromatic nitrogens is 15. The molecule has 0 aliphatic rings. The third-order valence-electron chi connectivity index (χ3n) is 24.4. The van der Waals surface area contributed by atoms with E-state index in [-0.39, 0.29) is 0 Å². The quantitative estimate of drug-likeness (QED) is 0.156. The van der Waals surface area contributed by atoms with Crippen LogP contribution >= 0.6 is 102 Å². The molecule has 0 radical (unpaired) electrons. The first-order chi connectivity index (χ1) is 64.3. The maximum Gasteiger partial charge on any atom is 0.220 e. The molecule has 17 aromatic carbocycles. The normalized spacial score (nSPS) is 11.9. The summed E-state index contributed by atoms with van der Waals surface area (Å²) in [6.45, 7) is 2.11. The minimum Gasteiger partial charge on any atom is -0.456 e. The first-order valence-electron chi connectivity index (χ1n) is 42.4. The van der Waals surface area contributed by atoms with E-state index in [4.69, 9.17) is 33.8 Å². The predicted molar refractivity (Wildman–Crippen MR) is 558 cm³/mol. The molecule has 0 atom stereocenters. The molecule has 12 aromatic heterocycles. The van der Waals surface area contributed by atoms with E-state index in [9.17, 15) is 0 Å². The number of rotatable bonds is 5. The summed E-state index contributed by atoms with van der Waals surface area (Å²) in [4.78, 5) is 24.6. The molecule has 0 bridgehead atoms. The number of hydrogen-bond acceptors (Lipinski definition) is 7. The Bertz CT molecular complexity index is 9530. The van der Waals surface area contributed by atoms with Gasteiger partial charge in [0, 0.05) is 58.9 Å². The van der Waals surface area contributed by atoms with Crippen LogP contribution in [0.15, 0.2) is 407 Å². The Morgan fingerprint density at radius 2 is 0.489 bits per heavy atom. The minimum absolute atomic E-state index is 0.892. The Hall–Kier alpha value is -14.2. The highest BCUT2D eigenvalue weighted by Crippen LogP contribution is 2.41. The van der Waals surface area contributed by atoms with Gasteiger partial charge in [-0.3, -0.25) is 44.8 Å². The van der Waals surface area contributed by atoms with Crippen molar-refractivity contribution < 1.29 is 8.83 Å². The van der Waals surface area contributed by atoms with Gasteiger partial charge < -0.3 is 8.83 Å². The topological polar surface area (TPSA) is 137 Å². The van der Waals surface area contributed by atoms with E-state index in [0.29, 0.717) is 0 Å². The van der Waals surface area contributed by atoms with E-state index in [0.717, 1.165) is 223 Å². The molecule has 0 fully saturated rings. The molecule has 23 heteroatoms. The van der Waals surface area contributed by atoms with Gasteiger partial charge in [0.15, 0.2) is 0 Å². The van der Waals surface area contributed by atoms with Gasteiger partial charge in [0.25, 0.3) is 0 Å². The maximum atomic E-state index is 6.08. The van der Waals surface area contributed by atoms with Crippen LogP contribution in [0, 0.1) is 10.5 Å². The van der Waals surface area contributed by atoms with Crippen LogP contribution in [0.4, 0.5) is 0 Å². The van der Waals surface area contributed by atoms with Gasteiger partial charge in [-0.05, 0) is 278 Å². The number of benzene rings is 17. The molecular weight excluding hydrogens is 2070 g/mol. The monoisotopic (exact) mass is 2130 g/mol. The Labute approximate surface area is 799 Å². The lowest BCUT2D eigenvalue weighted by atomic mass is 10.1. The van der Waals surface area contributed by atoms with Crippen LogP contribution in [0.25, 0.3) is 212 Å². The van der Waals surface area contributed by atoms with Crippen molar-refractivity contribution in [2.75, 3.05) is 0 Å². The van der Waals surface area contributed by atoms with Crippen molar-refractivity contribution in [2.24, 2.45) is 0 Å². The standard InChI is InChI=1S/C26H16BrN3O.C25H14BrN3O.C19H11Br2N3.C19H12BrN3.C19H12IN3/c1-15-6-10-24-18(12-15)19-14-17(8-11-25(19)31-24)29-22-9-7-16(27)13-23(22)30-21-5-3-2-4-20(21)28-26(29)30;26-15-9-11-21-22(13-15)29-20-7-3-2-6-19(20)27-25(29)28(21)16-10-12-24-18(14-16)17-5-1-4-8-23(17)30-24;20-12-4-3-5-14(10-12)23-17-9-8-13(21)11-18(17)24-16-7-2-1-6-15(16)22-19(23)24;2*20-13-10-11-17-18(12-13)23-16-9-5-4-8-15(16)21-19(23)22(17)14-6-2-1-3-7-14/h2-14H,1H3;1-14H;1-11H;2*1-12H. The first-order valence-corrected chi connectivity index (χ1v) is 47.4. The lowest BCUT2D eigenvalue weighted by Gasteiger charge is -2.05. The molecule has 17 nitrogen and oxygen atoms in total. The molecule has 0 unspecified atom stereocenters. The number of hydrogen-bond donors (Lipinski definition) is 0. The van der Waals surface area contributed by atoms with E-state index in [1.807, 2.05) is 78.9 Å². The van der Waals surface area contributed by atoms with Crippen molar-refractivity contribution in [3.05, 3.63) is 408 Å². The summed E-state index contributed by atoms with van der Waals surface area (Å²) < 4.78 is 40.8. The summed E-state index contributed by atoms with van der Waals surface area (Å²) in [5, 5.41) is 4.49. The Morgan fingerprint density at radius 1 is 0.206 bits per heavy atom. The zero-order chi connectivity index (χ0) is 87.5. The van der Waals surface area contributed by atoms with Crippen LogP contribution in [-0.2, 0) is 0 Å². The molecule has 0 saturated heterocycles. The van der Waals surface area contributed by atoms with Gasteiger partial charge in [-0.1, -0.05) is 213 Å². The van der Waals surface area contributed by atoms with Gasteiger partial charge in [-0.2, -0.15) is 0 Å². The first kappa shape index (κ1) is 79.0. The number of fused-ring (bicyclic) bond motifs is 31. The second-order valence-electron chi connectivity index (χ2n) is 32.2. The Kier molecular flexibility index (Phi) is 19.1. The van der Waals surface area contributed by atoms with Crippen LogP contribution in [0.1, 0.15) is 5.56 Å². The van der Waals surface area contributed by atoms with Gasteiger partial charge >= 0.3 is 0 Å². The van der Waals surface area contributed by atoms with Gasteiger partial charge in [0.2, 0.25) is 28.9 Å². The van der Waals surface area contributed by atoms with Crippen molar-refractivity contribution in [2.45, 2.75) is 6.92 Å². The number of aryl methyl sites for hydroxylation is 1. The molecule has 0 aliphatic heterocycles. The average Bonchev–Trinajstić information content (AvgIpc) is 1.57. The van der Waals surface area contributed by atoms with Crippen molar-refractivity contribution in [3.8, 4) is 28.4 Å². The average molecular weight is 2130 g/mol. The van der Waals surface area contributed by atoms with Crippen molar-refractivity contribution in [3.63, 3.8) is 0 Å². The second-order valence-corrected chi connectivity index (χ2v) is 38.1. The van der Waals surface area contributed by atoms with E-state index < -0.39 is 0 Å². The van der Waals surface area contributed by atoms with E-state index >= 15 is 0 Å². The molecule has 0 spiro atoms. The van der Waals surface area contributed by atoms with E-state index in [2.05, 4.69) is 451 Å². The lowest BCUT2D eigenvalue weighted by molar-refractivity contribution is 0.668. The second kappa shape index (κ2) is 31.6. The molecular formula is C108H65Br5IN15O2. The van der Waals surface area contributed by atoms with Crippen LogP contribution in [-0.4, -0.2) is 69.8 Å². The highest BCUT2D eigenvalue weighted by Gasteiger charge is 2.25. The fourth-order valence-corrected chi connectivity index (χ4v) is 21.0. The minimum atomic E-state index is 0.892. The fourth-order valence-electron chi connectivity index (χ4n) is 18.8. The largest absolute Gasteiger partial charge is 0.456 e. The Balaban J connectivity index is 0.0000000887. The highest BCUT2D eigenvalue weighted by molar-refractivity contribution is 14.1. The third-order valence-corrected chi connectivity index (χ3v) is 27.5. The summed E-state index contributed by atoms with van der Waals surface area (Å²) >= 11 is 20.4. The van der Waals surface area contributed by atoms with Crippen molar-refractivity contribution in [1.29, 1.82) is 0 Å². The van der Waals surface area contributed by atoms with Crippen molar-refractivity contribution >= 4 is 285 Å². The molecule has 0 N–H and O–H groups in total. The van der Waals surface area contributed by atoms with Crippen LogP contribution in [0.3, 0.4) is 0 Å². The third kappa shape index (κ3) is 13.1. The smallest absolute Gasteiger partial charge is 0.220 e. The van der Waals surface area contributed by atoms with Gasteiger partial charge in [0.1, 0.15) is 22.3 Å². The fraction of sp³-hybridized carbons (Fsp3) is 0.00926. The van der Waals surface area contributed by atoms with Crippen LogP contribution in [0.5, 0.6) is 0 Å². The zero-order valence-corrected chi connectivity index (χ0v) is 79.2. The maximum absolute atomic E-state index is 6.08. The molecule has 0 saturated carbocycles. The Morgan fingerprint density at radius 3 is 0.870 bits per heavy atom. The molecule has 12 heterocycles. The molecule has 0 amide bonds. The number of imidazole rings is 10. The summed E-state index contributed by atoms with van der Waals surface area (Å²) in [6, 6.07) is 130. The van der Waals surface area contributed by atoms with Gasteiger partial charge in [0.05, 0.1) is 127 Å². The van der Waals surface area contributed by atoms with Gasteiger partial charge in [-0.25, -0.2) is 24.9 Å². The summed E-state index contributed by atoms with van der Waals surface area (Å²) in [7, 11) is 0. The van der Waals surface area contributed by atoms with E-state index in [1.54, 1.807) is 0 Å². The van der Waals surface area contributed by atoms with Crippen LogP contribution in [0.2, 0.25) is 0 Å². The van der Waals surface area contributed by atoms with Crippen molar-refractivity contribution in [1.82, 2.24) is 69.8 Å². The number of para-hydroxylation sites is 13. The number of furan rings is 2. The zero-order valence-electron chi connectivity index (χ0n) is 69.1. The van der Waals surface area contributed by atoms with Crippen LogP contribution < -0.4 is 0 Å². The SMILES string of the molecule is Brc1ccc2c(c1)n1c3ccccc3nc1n2-c1ccc2oc3ccccc3c2c1.Brc1ccc2c(c1)n1c3ccccc3nc1n2-c1ccccc1.Brc1cccc(-n2c3ccc(Br)cc3n3c4ccccc4nc23)c1.Cc1ccc2oc3ccc(-n4c5ccc(Br)cc5n5c6ccccc6nc45)cc3c2c1.Ic1ccc2c(c1)n1c3ccccc3nc1n2-c1ccccc1. The van der Waals surface area contributed by atoms with Gasteiger partial charge in [-0.15, -0.1) is 0 Å². The summed E-state index contributed by atoms with van der Waals surface area (Å²) in [6.07, 6.45) is 0. The van der Waals surface area contributed by atoms with E-state index in [1.165, 1.54) is 20.2 Å². The predicted octanol–water partition coefficient (Wildman–Crippen LogP) is 30.7. The molecule has 29 aromatic rings. The molecule has 0 aliphatic carbocycles. The number of nitrogens with zero attached hydrogens (tertiary/aromatic N) is 15. The highest BCUT2D eigenvalue weighted by atomic mass is 127. The molecule has 626 valence electrons. The molecule has 29 rings (SSSR count). The summed E-state index contributed by atoms with van der Waals surface area (Å²) in [5.41, 5.74) is 32.2. The lowest BCUT2D eigenvalue weighted by Crippen LogP contribution is -1.94. The number of halogens is 6. The molecule has 131 heavy (non-hydrogen) atoms. The summed E-state index contributed by atoms with van der Waals surface area (Å²) in [5.74, 6) is 4.61.